The van der Waals surface area contributed by atoms with Crippen LogP contribution in [0.1, 0.15) is 51.9 Å². The summed E-state index contributed by atoms with van der Waals surface area (Å²) in [5, 5.41) is 2.60. The first kappa shape index (κ1) is 18.4. The average Bonchev–Trinajstić information content (AvgIpc) is 2.46. The van der Waals surface area contributed by atoms with Gasteiger partial charge in [-0.1, -0.05) is 32.6 Å². The Labute approximate surface area is 120 Å². The Balaban J connectivity index is 4.17. The van der Waals surface area contributed by atoms with E-state index in [1.165, 1.54) is 14.2 Å². The van der Waals surface area contributed by atoms with E-state index in [9.17, 15) is 14.4 Å². The summed E-state index contributed by atoms with van der Waals surface area (Å²) in [5.41, 5.74) is 0. The molecule has 116 valence electrons. The van der Waals surface area contributed by atoms with Gasteiger partial charge in [0.2, 0.25) is 5.91 Å². The zero-order valence-corrected chi connectivity index (χ0v) is 12.6. The number of hydrogen-bond acceptors (Lipinski definition) is 5. The zero-order chi connectivity index (χ0) is 15.4. The molecule has 1 amide bonds. The first-order valence-corrected chi connectivity index (χ1v) is 6.99. The molecule has 0 aliphatic rings. The van der Waals surface area contributed by atoms with Crippen molar-refractivity contribution in [2.24, 2.45) is 0 Å². The number of carbonyl (C=O) groups excluding carboxylic acids is 3. The van der Waals surface area contributed by atoms with Crippen LogP contribution in [-0.2, 0) is 23.9 Å². The van der Waals surface area contributed by atoms with E-state index < -0.39 is 18.0 Å². The van der Waals surface area contributed by atoms with E-state index >= 15 is 0 Å². The fraction of sp³-hybridized carbons (Fsp3) is 0.786. The van der Waals surface area contributed by atoms with Gasteiger partial charge in [-0.25, -0.2) is 4.79 Å². The van der Waals surface area contributed by atoms with Crippen LogP contribution in [-0.4, -0.2) is 38.1 Å². The molecular formula is C14H25NO5. The van der Waals surface area contributed by atoms with Crippen LogP contribution in [0.4, 0.5) is 0 Å². The summed E-state index contributed by atoms with van der Waals surface area (Å²) in [5.74, 6) is -1.24. The number of rotatable bonds is 10. The van der Waals surface area contributed by atoms with Crippen molar-refractivity contribution in [2.45, 2.75) is 57.9 Å². The Kier molecular flexibility index (Phi) is 10.4. The van der Waals surface area contributed by atoms with Gasteiger partial charge in [-0.05, 0) is 6.42 Å². The lowest BCUT2D eigenvalue weighted by molar-refractivity contribution is -0.145. The maximum absolute atomic E-state index is 11.7. The molecule has 20 heavy (non-hydrogen) atoms. The first-order valence-electron chi connectivity index (χ1n) is 6.99. The van der Waals surface area contributed by atoms with E-state index in [2.05, 4.69) is 21.7 Å². The van der Waals surface area contributed by atoms with Crippen molar-refractivity contribution in [3.05, 3.63) is 0 Å². The van der Waals surface area contributed by atoms with Crippen molar-refractivity contribution >= 4 is 17.8 Å². The minimum atomic E-state index is -0.637. The molecule has 0 radical (unpaired) electrons. The van der Waals surface area contributed by atoms with Crippen LogP contribution in [0.25, 0.3) is 0 Å². The monoisotopic (exact) mass is 287 g/mol. The van der Waals surface area contributed by atoms with Gasteiger partial charge in [-0.2, -0.15) is 0 Å². The molecule has 0 aromatic rings. The highest BCUT2D eigenvalue weighted by atomic mass is 16.5. The molecule has 0 bridgehead atoms. The molecule has 0 rings (SSSR count). The predicted molar refractivity (Wildman–Crippen MR) is 74.0 cm³/mol. The van der Waals surface area contributed by atoms with E-state index in [1.807, 2.05) is 0 Å². The third-order valence-corrected chi connectivity index (χ3v) is 2.95. The predicted octanol–water partition coefficient (Wildman–Crippen LogP) is 1.57. The van der Waals surface area contributed by atoms with Gasteiger partial charge >= 0.3 is 11.9 Å². The second-order valence-electron chi connectivity index (χ2n) is 4.57. The summed E-state index contributed by atoms with van der Waals surface area (Å²) in [4.78, 5) is 34.2. The number of carbonyl (C=O) groups is 3. The Morgan fingerprint density at radius 1 is 1.00 bits per heavy atom. The highest BCUT2D eigenvalue weighted by Crippen LogP contribution is 2.07. The SMILES string of the molecule is CCCCCC[C@H](NC(=O)CCC(=O)OC)C(=O)OC. The summed E-state index contributed by atoms with van der Waals surface area (Å²) in [7, 11) is 2.56. The molecule has 0 aliphatic heterocycles. The van der Waals surface area contributed by atoms with Gasteiger partial charge in [0.1, 0.15) is 6.04 Å². The molecule has 6 heteroatoms. The van der Waals surface area contributed by atoms with Crippen LogP contribution < -0.4 is 5.32 Å². The van der Waals surface area contributed by atoms with Crippen molar-refractivity contribution in [1.82, 2.24) is 5.32 Å². The largest absolute Gasteiger partial charge is 0.469 e. The Morgan fingerprint density at radius 3 is 2.25 bits per heavy atom. The molecule has 6 nitrogen and oxygen atoms in total. The van der Waals surface area contributed by atoms with Crippen LogP contribution in [0.5, 0.6) is 0 Å². The first-order chi connectivity index (χ1) is 9.54. The van der Waals surface area contributed by atoms with Gasteiger partial charge in [0.05, 0.1) is 20.6 Å². The van der Waals surface area contributed by atoms with Crippen LogP contribution in [0.3, 0.4) is 0 Å². The second-order valence-corrected chi connectivity index (χ2v) is 4.57. The maximum atomic E-state index is 11.7. The lowest BCUT2D eigenvalue weighted by atomic mass is 10.1. The van der Waals surface area contributed by atoms with Gasteiger partial charge in [0, 0.05) is 6.42 Å². The molecular weight excluding hydrogens is 262 g/mol. The minimum absolute atomic E-state index is 0.00601. The number of hydrogen-bond donors (Lipinski definition) is 1. The normalized spacial score (nSPS) is 11.6. The fourth-order valence-corrected chi connectivity index (χ4v) is 1.75. The molecule has 1 atom stereocenters. The molecule has 0 unspecified atom stereocenters. The molecule has 0 fully saturated rings. The second kappa shape index (κ2) is 11.3. The summed E-state index contributed by atoms with van der Waals surface area (Å²) in [6, 6.07) is -0.637. The quantitative estimate of drug-likeness (QED) is 0.487. The van der Waals surface area contributed by atoms with Crippen molar-refractivity contribution in [2.75, 3.05) is 14.2 Å². The molecule has 0 saturated heterocycles. The number of esters is 2. The van der Waals surface area contributed by atoms with Crippen molar-refractivity contribution in [1.29, 1.82) is 0 Å². The van der Waals surface area contributed by atoms with E-state index in [-0.39, 0.29) is 18.7 Å². The standard InChI is InChI=1S/C14H25NO5/c1-4-5-6-7-8-11(14(18)20-3)15-12(16)9-10-13(17)19-2/h11H,4-10H2,1-3H3,(H,15,16)/t11-/m0/s1. The third kappa shape index (κ3) is 8.50. The van der Waals surface area contributed by atoms with E-state index in [1.54, 1.807) is 0 Å². The summed E-state index contributed by atoms with van der Waals surface area (Å²) in [6.45, 7) is 2.10. The van der Waals surface area contributed by atoms with Crippen molar-refractivity contribution in [3.8, 4) is 0 Å². The zero-order valence-electron chi connectivity index (χ0n) is 12.6. The number of unbranched alkanes of at least 4 members (excludes halogenated alkanes) is 3. The Hall–Kier alpha value is -1.59. The molecule has 1 N–H and O–H groups in total. The molecule has 0 aromatic carbocycles. The summed E-state index contributed by atoms with van der Waals surface area (Å²) in [6.07, 6.45) is 4.64. The molecule has 0 heterocycles. The minimum Gasteiger partial charge on any atom is -0.469 e. The molecule has 0 aliphatic carbocycles. The number of amides is 1. The number of nitrogens with one attached hydrogen (secondary N) is 1. The lowest BCUT2D eigenvalue weighted by Crippen LogP contribution is -2.41. The van der Waals surface area contributed by atoms with E-state index in [4.69, 9.17) is 0 Å². The molecule has 0 saturated carbocycles. The van der Waals surface area contributed by atoms with Gasteiger partial charge in [-0.3, -0.25) is 9.59 Å². The van der Waals surface area contributed by atoms with Crippen LogP contribution in [0, 0.1) is 0 Å². The Morgan fingerprint density at radius 2 is 1.70 bits per heavy atom. The van der Waals surface area contributed by atoms with E-state index in [0.717, 1.165) is 25.7 Å². The highest BCUT2D eigenvalue weighted by molar-refractivity contribution is 5.86. The summed E-state index contributed by atoms with van der Waals surface area (Å²) >= 11 is 0. The van der Waals surface area contributed by atoms with Crippen LogP contribution in [0.2, 0.25) is 0 Å². The van der Waals surface area contributed by atoms with Crippen molar-refractivity contribution in [3.63, 3.8) is 0 Å². The maximum Gasteiger partial charge on any atom is 0.328 e. The number of methoxy groups -OCH3 is 2. The van der Waals surface area contributed by atoms with E-state index in [0.29, 0.717) is 6.42 Å². The number of ether oxygens (including phenoxy) is 2. The molecule has 0 aromatic heterocycles. The van der Waals surface area contributed by atoms with Crippen molar-refractivity contribution < 1.29 is 23.9 Å². The summed E-state index contributed by atoms with van der Waals surface area (Å²) < 4.78 is 9.13. The average molecular weight is 287 g/mol. The van der Waals surface area contributed by atoms with Crippen LogP contribution in [0.15, 0.2) is 0 Å². The highest BCUT2D eigenvalue weighted by Gasteiger charge is 2.21. The van der Waals surface area contributed by atoms with Gasteiger partial charge in [0.15, 0.2) is 0 Å². The van der Waals surface area contributed by atoms with Gasteiger partial charge < -0.3 is 14.8 Å². The molecule has 0 spiro atoms. The third-order valence-electron chi connectivity index (χ3n) is 2.95. The lowest BCUT2D eigenvalue weighted by Gasteiger charge is -2.16. The fourth-order valence-electron chi connectivity index (χ4n) is 1.75. The van der Waals surface area contributed by atoms with Crippen LogP contribution >= 0.6 is 0 Å². The Bertz CT molecular complexity index is 317. The van der Waals surface area contributed by atoms with Gasteiger partial charge in [0.25, 0.3) is 0 Å². The smallest absolute Gasteiger partial charge is 0.328 e. The topological polar surface area (TPSA) is 81.7 Å². The van der Waals surface area contributed by atoms with Gasteiger partial charge in [-0.15, -0.1) is 0 Å².